The summed E-state index contributed by atoms with van der Waals surface area (Å²) in [6, 6.07) is 28.6. The maximum atomic E-state index is 10.1. The van der Waals surface area contributed by atoms with Gasteiger partial charge in [-0.15, -0.1) is 11.3 Å². The van der Waals surface area contributed by atoms with Gasteiger partial charge in [0.1, 0.15) is 5.75 Å². The minimum Gasteiger partial charge on any atom is -0.507 e. The van der Waals surface area contributed by atoms with Crippen LogP contribution >= 0.6 is 11.3 Å². The van der Waals surface area contributed by atoms with Crippen molar-refractivity contribution in [2.24, 2.45) is 0 Å². The van der Waals surface area contributed by atoms with Crippen molar-refractivity contribution in [3.05, 3.63) is 96.1 Å². The van der Waals surface area contributed by atoms with E-state index in [0.29, 0.717) is 5.75 Å². The molecule has 0 spiro atoms. The van der Waals surface area contributed by atoms with Gasteiger partial charge in [-0.1, -0.05) is 72.8 Å². The first-order chi connectivity index (χ1) is 13.8. The molecule has 0 saturated heterocycles. The predicted molar refractivity (Wildman–Crippen MR) is 120 cm³/mol. The predicted octanol–water partition coefficient (Wildman–Crippen LogP) is 6.75. The van der Waals surface area contributed by atoms with Crippen LogP contribution in [0.5, 0.6) is 5.75 Å². The van der Waals surface area contributed by atoms with E-state index in [9.17, 15) is 5.11 Å². The Bertz CT molecular complexity index is 1160. The molecule has 136 valence electrons. The average Bonchev–Trinajstić information content (AvgIpc) is 3.18. The van der Waals surface area contributed by atoms with E-state index in [1.807, 2.05) is 24.3 Å². The van der Waals surface area contributed by atoms with Crippen LogP contribution in [0.15, 0.2) is 84.9 Å². The lowest BCUT2D eigenvalue weighted by Gasteiger charge is -2.15. The Morgan fingerprint density at radius 2 is 1.46 bits per heavy atom. The van der Waals surface area contributed by atoms with Gasteiger partial charge in [0.25, 0.3) is 0 Å². The normalized spacial score (nSPS) is 12.8. The smallest absolute Gasteiger partial charge is 0.123 e. The molecule has 0 fully saturated rings. The van der Waals surface area contributed by atoms with Gasteiger partial charge in [-0.25, -0.2) is 0 Å². The Balaban J connectivity index is 1.45. The van der Waals surface area contributed by atoms with E-state index in [4.69, 9.17) is 0 Å². The minimum absolute atomic E-state index is 0.310. The summed E-state index contributed by atoms with van der Waals surface area (Å²) in [7, 11) is 0. The molecule has 0 saturated carbocycles. The van der Waals surface area contributed by atoms with Crippen LogP contribution in [0.4, 0.5) is 5.00 Å². The van der Waals surface area contributed by atoms with E-state index in [1.165, 1.54) is 32.1 Å². The van der Waals surface area contributed by atoms with E-state index in [-0.39, 0.29) is 0 Å². The van der Waals surface area contributed by atoms with E-state index in [0.717, 1.165) is 17.7 Å². The van der Waals surface area contributed by atoms with Crippen LogP contribution in [0.2, 0.25) is 0 Å². The van der Waals surface area contributed by atoms with Crippen LogP contribution in [0.1, 0.15) is 11.1 Å². The molecule has 3 heteroatoms. The highest BCUT2D eigenvalue weighted by atomic mass is 32.1. The third kappa shape index (κ3) is 3.10. The summed E-state index contributed by atoms with van der Waals surface area (Å²) >= 11 is 1.79. The Morgan fingerprint density at radius 3 is 2.25 bits per heavy atom. The van der Waals surface area contributed by atoms with E-state index in [1.54, 1.807) is 17.4 Å². The number of thiophene rings is 1. The lowest BCUT2D eigenvalue weighted by molar-refractivity contribution is 0.477. The fourth-order valence-corrected chi connectivity index (χ4v) is 4.62. The molecule has 2 nitrogen and oxygen atoms in total. The quantitative estimate of drug-likeness (QED) is 0.411. The summed E-state index contributed by atoms with van der Waals surface area (Å²) in [5, 5.41) is 14.9. The number of phenolic OH excluding ortho intramolecular Hbond substituents is 1. The number of fused-ring (bicyclic) bond motifs is 1. The molecule has 2 N–H and O–H groups in total. The number of benzene rings is 3. The molecule has 4 aromatic rings. The van der Waals surface area contributed by atoms with Gasteiger partial charge < -0.3 is 10.4 Å². The number of rotatable bonds is 3. The van der Waals surface area contributed by atoms with Crippen molar-refractivity contribution in [2.45, 2.75) is 0 Å². The number of anilines is 1. The van der Waals surface area contributed by atoms with Crippen LogP contribution < -0.4 is 5.32 Å². The van der Waals surface area contributed by atoms with Crippen molar-refractivity contribution in [1.29, 1.82) is 0 Å². The molecule has 1 aliphatic heterocycles. The lowest BCUT2D eigenvalue weighted by atomic mass is 10.0. The van der Waals surface area contributed by atoms with Crippen LogP contribution in [0.3, 0.4) is 0 Å². The highest BCUT2D eigenvalue weighted by Gasteiger charge is 2.15. The van der Waals surface area contributed by atoms with Crippen molar-refractivity contribution >= 4 is 28.0 Å². The van der Waals surface area contributed by atoms with Gasteiger partial charge in [-0.05, 0) is 40.5 Å². The number of nitrogens with one attached hydrogen (secondary N) is 1. The van der Waals surface area contributed by atoms with Crippen LogP contribution in [-0.2, 0) is 0 Å². The highest BCUT2D eigenvalue weighted by molar-refractivity contribution is 7.19. The maximum Gasteiger partial charge on any atom is 0.123 e. The average molecular weight is 382 g/mol. The van der Waals surface area contributed by atoms with Crippen LogP contribution in [0.25, 0.3) is 33.2 Å². The molecule has 0 atom stereocenters. The van der Waals surface area contributed by atoms with Crippen LogP contribution in [0, 0.1) is 0 Å². The number of aromatic hydroxyl groups is 1. The lowest BCUT2D eigenvalue weighted by Crippen LogP contribution is -2.07. The highest BCUT2D eigenvalue weighted by Crippen LogP contribution is 2.40. The van der Waals surface area contributed by atoms with Crippen molar-refractivity contribution in [1.82, 2.24) is 0 Å². The van der Waals surface area contributed by atoms with Gasteiger partial charge in [0.2, 0.25) is 0 Å². The third-order valence-electron chi connectivity index (χ3n) is 5.06. The second kappa shape index (κ2) is 7.02. The first kappa shape index (κ1) is 16.8. The fourth-order valence-electron chi connectivity index (χ4n) is 3.58. The fraction of sp³-hybridized carbons (Fsp3) is 0.0400. The van der Waals surface area contributed by atoms with Crippen molar-refractivity contribution in [3.8, 4) is 27.3 Å². The Labute approximate surface area is 168 Å². The van der Waals surface area contributed by atoms with Gasteiger partial charge in [0, 0.05) is 22.5 Å². The monoisotopic (exact) mass is 381 g/mol. The van der Waals surface area contributed by atoms with Gasteiger partial charge in [-0.2, -0.15) is 0 Å². The molecule has 0 unspecified atom stereocenters. The van der Waals surface area contributed by atoms with E-state index >= 15 is 0 Å². The zero-order valence-corrected chi connectivity index (χ0v) is 16.0. The molecular weight excluding hydrogens is 362 g/mol. The summed E-state index contributed by atoms with van der Waals surface area (Å²) in [6.45, 7) is 0.850. The summed E-state index contributed by atoms with van der Waals surface area (Å²) in [5.74, 6) is 0.310. The zero-order valence-electron chi connectivity index (χ0n) is 15.2. The summed E-state index contributed by atoms with van der Waals surface area (Å²) < 4.78 is 0. The second-order valence-corrected chi connectivity index (χ2v) is 7.93. The van der Waals surface area contributed by atoms with Gasteiger partial charge >= 0.3 is 0 Å². The van der Waals surface area contributed by atoms with E-state index < -0.39 is 0 Å². The zero-order chi connectivity index (χ0) is 18.9. The molecule has 2 heterocycles. The topological polar surface area (TPSA) is 32.3 Å². The van der Waals surface area contributed by atoms with Crippen molar-refractivity contribution < 1.29 is 5.11 Å². The Kier molecular flexibility index (Phi) is 4.22. The molecule has 0 amide bonds. The number of hydrogen-bond acceptors (Lipinski definition) is 3. The van der Waals surface area contributed by atoms with Gasteiger partial charge in [0.05, 0.1) is 5.00 Å². The molecule has 0 bridgehead atoms. The minimum atomic E-state index is 0.310. The van der Waals surface area contributed by atoms with Gasteiger partial charge in [-0.3, -0.25) is 0 Å². The summed E-state index contributed by atoms with van der Waals surface area (Å²) in [6.07, 6.45) is 2.29. The van der Waals surface area contributed by atoms with Crippen molar-refractivity contribution in [3.63, 3.8) is 0 Å². The maximum absolute atomic E-state index is 10.1. The van der Waals surface area contributed by atoms with Gasteiger partial charge in [0.15, 0.2) is 0 Å². The molecule has 28 heavy (non-hydrogen) atoms. The largest absolute Gasteiger partial charge is 0.507 e. The molecule has 1 aliphatic rings. The first-order valence-electron chi connectivity index (χ1n) is 9.30. The third-order valence-corrected chi connectivity index (χ3v) is 6.22. The standard InChI is InChI=1S/C25H19NOS/c27-23-9-5-4-8-22(23)18-10-12-19(13-11-18)24-15-20-14-21(16-26-25(20)28-24)17-6-2-1-3-7-17/h1-15,26-27H,16H2. The summed E-state index contributed by atoms with van der Waals surface area (Å²) in [5.41, 5.74) is 6.89. The van der Waals surface area contributed by atoms with Crippen LogP contribution in [-0.4, -0.2) is 11.7 Å². The SMILES string of the molecule is Oc1ccccc1-c1ccc(-c2cc3c(s2)NCC(c2ccccc2)=C3)cc1. The van der Waals surface area contributed by atoms with E-state index in [2.05, 4.69) is 66.0 Å². The number of para-hydroxylation sites is 1. The molecule has 3 aromatic carbocycles. The van der Waals surface area contributed by atoms with Crippen molar-refractivity contribution in [2.75, 3.05) is 11.9 Å². The Hall–Kier alpha value is -3.30. The number of hydrogen-bond donors (Lipinski definition) is 2. The summed E-state index contributed by atoms with van der Waals surface area (Å²) in [4.78, 5) is 1.24. The second-order valence-electron chi connectivity index (χ2n) is 6.88. The first-order valence-corrected chi connectivity index (χ1v) is 10.1. The molecule has 1 aromatic heterocycles. The molecule has 5 rings (SSSR count). The molecular formula is C25H19NOS. The molecule has 0 aliphatic carbocycles. The molecule has 0 radical (unpaired) electrons. The number of phenols is 1. The Morgan fingerprint density at radius 1 is 0.750 bits per heavy atom.